The highest BCUT2D eigenvalue weighted by atomic mass is 19.4. The Bertz CT molecular complexity index is 1330. The standard InChI is InChI=1S/C23H19F3N6/c1-13-18(6-7-20(30-13)23(24,25)26)32-12-31(2)19-11-28-17-5-3-14(9-16(17)22(19)32)15-4-8-21(27)29-10-15/h3-11H,12H2,1-2H3,(H2,27,29). The summed E-state index contributed by atoms with van der Waals surface area (Å²) in [7, 11) is 1.92. The number of nitrogens with zero attached hydrogens (tertiary/aromatic N) is 5. The van der Waals surface area contributed by atoms with Gasteiger partial charge in [-0.05, 0) is 48.9 Å². The number of alkyl halides is 3. The van der Waals surface area contributed by atoms with Crippen LogP contribution in [0.1, 0.15) is 11.4 Å². The summed E-state index contributed by atoms with van der Waals surface area (Å²) in [6, 6.07) is 12.0. The van der Waals surface area contributed by atoms with Crippen molar-refractivity contribution in [2.45, 2.75) is 13.1 Å². The number of fused-ring (bicyclic) bond motifs is 3. The zero-order chi connectivity index (χ0) is 22.6. The second kappa shape index (κ2) is 7.08. The third-order valence-corrected chi connectivity index (χ3v) is 5.61. The molecule has 32 heavy (non-hydrogen) atoms. The lowest BCUT2D eigenvalue weighted by Gasteiger charge is -2.22. The van der Waals surface area contributed by atoms with Crippen LogP contribution in [0.5, 0.6) is 0 Å². The summed E-state index contributed by atoms with van der Waals surface area (Å²) in [4.78, 5) is 16.6. The normalized spacial score (nSPS) is 13.7. The van der Waals surface area contributed by atoms with Crippen molar-refractivity contribution < 1.29 is 13.2 Å². The number of halogens is 3. The highest BCUT2D eigenvalue weighted by Gasteiger charge is 2.34. The molecule has 0 aliphatic carbocycles. The van der Waals surface area contributed by atoms with Gasteiger partial charge in [0.15, 0.2) is 0 Å². The van der Waals surface area contributed by atoms with Crippen molar-refractivity contribution in [1.82, 2.24) is 15.0 Å². The third kappa shape index (κ3) is 3.26. The van der Waals surface area contributed by atoms with Crippen LogP contribution < -0.4 is 15.5 Å². The lowest BCUT2D eigenvalue weighted by Crippen LogP contribution is -2.25. The zero-order valence-electron chi connectivity index (χ0n) is 17.4. The van der Waals surface area contributed by atoms with Gasteiger partial charge in [0, 0.05) is 24.2 Å². The number of pyridine rings is 3. The number of aryl methyl sites for hydroxylation is 1. The molecule has 0 bridgehead atoms. The Balaban J connectivity index is 1.67. The van der Waals surface area contributed by atoms with E-state index in [0.717, 1.165) is 39.5 Å². The molecule has 1 aromatic carbocycles. The molecule has 0 radical (unpaired) electrons. The SMILES string of the molecule is Cc1nc(C(F)(F)F)ccc1N1CN(C)c2cnc3ccc(-c4ccc(N)nc4)cc3c21. The van der Waals surface area contributed by atoms with Crippen LogP contribution in [0.3, 0.4) is 0 Å². The van der Waals surface area contributed by atoms with Crippen molar-refractivity contribution in [2.24, 2.45) is 0 Å². The summed E-state index contributed by atoms with van der Waals surface area (Å²) in [6.07, 6.45) is -0.989. The van der Waals surface area contributed by atoms with Crippen LogP contribution in [0.15, 0.2) is 54.9 Å². The van der Waals surface area contributed by atoms with E-state index in [0.29, 0.717) is 23.9 Å². The molecule has 5 rings (SSSR count). The number of rotatable bonds is 2. The van der Waals surface area contributed by atoms with Crippen molar-refractivity contribution in [3.8, 4) is 11.1 Å². The summed E-state index contributed by atoms with van der Waals surface area (Å²) in [6.45, 7) is 2.06. The van der Waals surface area contributed by atoms with E-state index in [1.807, 2.05) is 41.1 Å². The van der Waals surface area contributed by atoms with E-state index in [9.17, 15) is 13.2 Å². The molecule has 9 heteroatoms. The average Bonchev–Trinajstić information content (AvgIpc) is 3.10. The van der Waals surface area contributed by atoms with Gasteiger partial charge >= 0.3 is 6.18 Å². The quantitative estimate of drug-likeness (QED) is 0.469. The smallest absolute Gasteiger partial charge is 0.384 e. The molecule has 3 aromatic heterocycles. The maximum Gasteiger partial charge on any atom is 0.433 e. The minimum absolute atomic E-state index is 0.310. The molecule has 0 spiro atoms. The number of benzene rings is 1. The van der Waals surface area contributed by atoms with Gasteiger partial charge in [-0.2, -0.15) is 13.2 Å². The van der Waals surface area contributed by atoms with E-state index < -0.39 is 11.9 Å². The fourth-order valence-electron chi connectivity index (χ4n) is 4.04. The molecular weight excluding hydrogens is 417 g/mol. The van der Waals surface area contributed by atoms with Gasteiger partial charge in [0.2, 0.25) is 0 Å². The second-order valence-electron chi connectivity index (χ2n) is 7.76. The molecule has 0 saturated carbocycles. The number of anilines is 4. The van der Waals surface area contributed by atoms with Crippen LogP contribution in [0, 0.1) is 6.92 Å². The van der Waals surface area contributed by atoms with E-state index >= 15 is 0 Å². The Kier molecular flexibility index (Phi) is 4.44. The predicted octanol–water partition coefficient (Wildman–Crippen LogP) is 5.15. The van der Waals surface area contributed by atoms with Crippen LogP contribution in [0.2, 0.25) is 0 Å². The number of hydrogen-bond donors (Lipinski definition) is 1. The number of nitrogen functional groups attached to an aromatic ring is 1. The summed E-state index contributed by atoms with van der Waals surface area (Å²) in [5, 5.41) is 0.889. The van der Waals surface area contributed by atoms with Gasteiger partial charge in [0.1, 0.15) is 11.5 Å². The lowest BCUT2D eigenvalue weighted by atomic mass is 10.0. The molecule has 0 fully saturated rings. The Morgan fingerprint density at radius 2 is 1.72 bits per heavy atom. The van der Waals surface area contributed by atoms with Crippen LogP contribution >= 0.6 is 0 Å². The first kappa shape index (κ1) is 20.0. The first-order valence-electron chi connectivity index (χ1n) is 9.90. The van der Waals surface area contributed by atoms with Crippen LogP contribution in [-0.4, -0.2) is 28.7 Å². The van der Waals surface area contributed by atoms with Gasteiger partial charge in [0.25, 0.3) is 0 Å². The monoisotopic (exact) mass is 436 g/mol. The third-order valence-electron chi connectivity index (χ3n) is 5.61. The minimum Gasteiger partial charge on any atom is -0.384 e. The highest BCUT2D eigenvalue weighted by molar-refractivity contribution is 6.04. The summed E-state index contributed by atoms with van der Waals surface area (Å²) in [5.74, 6) is 0.440. The Morgan fingerprint density at radius 3 is 2.41 bits per heavy atom. The fourth-order valence-corrected chi connectivity index (χ4v) is 4.04. The maximum atomic E-state index is 13.1. The molecule has 0 amide bonds. The molecule has 1 aliphatic rings. The Morgan fingerprint density at radius 1 is 0.938 bits per heavy atom. The zero-order valence-corrected chi connectivity index (χ0v) is 17.4. The largest absolute Gasteiger partial charge is 0.433 e. The van der Waals surface area contributed by atoms with Crippen LogP contribution in [-0.2, 0) is 6.18 Å². The van der Waals surface area contributed by atoms with Crippen molar-refractivity contribution in [3.63, 3.8) is 0 Å². The number of nitrogens with two attached hydrogens (primary N) is 1. The summed E-state index contributed by atoms with van der Waals surface area (Å²) >= 11 is 0. The van der Waals surface area contributed by atoms with E-state index in [2.05, 4.69) is 15.0 Å². The van der Waals surface area contributed by atoms with Crippen molar-refractivity contribution in [1.29, 1.82) is 0 Å². The van der Waals surface area contributed by atoms with Crippen molar-refractivity contribution >= 4 is 33.8 Å². The van der Waals surface area contributed by atoms with Crippen LogP contribution in [0.4, 0.5) is 36.1 Å². The molecule has 162 valence electrons. The van der Waals surface area contributed by atoms with E-state index in [1.54, 1.807) is 25.4 Å². The molecular formula is C23H19F3N6. The Hall–Kier alpha value is -3.88. The van der Waals surface area contributed by atoms with E-state index in [-0.39, 0.29) is 0 Å². The fraction of sp³-hybridized carbons (Fsp3) is 0.174. The molecule has 0 atom stereocenters. The van der Waals surface area contributed by atoms with E-state index in [4.69, 9.17) is 5.73 Å². The van der Waals surface area contributed by atoms with Gasteiger partial charge in [-0.1, -0.05) is 6.07 Å². The molecule has 2 N–H and O–H groups in total. The Labute approximate surface area is 182 Å². The van der Waals surface area contributed by atoms with Crippen LogP contribution in [0.25, 0.3) is 22.0 Å². The van der Waals surface area contributed by atoms with Crippen molar-refractivity contribution in [2.75, 3.05) is 29.2 Å². The highest BCUT2D eigenvalue weighted by Crippen LogP contribution is 2.45. The maximum absolute atomic E-state index is 13.1. The second-order valence-corrected chi connectivity index (χ2v) is 7.76. The van der Waals surface area contributed by atoms with Gasteiger partial charge in [0.05, 0.1) is 41.1 Å². The molecule has 4 aromatic rings. The molecule has 6 nitrogen and oxygen atoms in total. The number of aromatic nitrogens is 3. The molecule has 0 saturated heterocycles. The minimum atomic E-state index is -4.48. The average molecular weight is 436 g/mol. The van der Waals surface area contributed by atoms with Crippen molar-refractivity contribution in [3.05, 3.63) is 66.2 Å². The van der Waals surface area contributed by atoms with Gasteiger partial charge in [-0.25, -0.2) is 9.97 Å². The first-order valence-corrected chi connectivity index (χ1v) is 9.90. The summed E-state index contributed by atoms with van der Waals surface area (Å²) < 4.78 is 39.3. The predicted molar refractivity (Wildman–Crippen MR) is 119 cm³/mol. The lowest BCUT2D eigenvalue weighted by molar-refractivity contribution is -0.141. The van der Waals surface area contributed by atoms with Gasteiger partial charge < -0.3 is 15.5 Å². The topological polar surface area (TPSA) is 71.2 Å². The number of hydrogen-bond acceptors (Lipinski definition) is 6. The molecule has 0 unspecified atom stereocenters. The molecule has 4 heterocycles. The molecule has 1 aliphatic heterocycles. The van der Waals surface area contributed by atoms with Gasteiger partial charge in [-0.3, -0.25) is 4.98 Å². The van der Waals surface area contributed by atoms with Gasteiger partial charge in [-0.15, -0.1) is 0 Å². The summed E-state index contributed by atoms with van der Waals surface area (Å²) in [5.41, 5.74) is 10.1. The first-order chi connectivity index (χ1) is 15.2. The van der Waals surface area contributed by atoms with E-state index in [1.165, 1.54) is 6.07 Å².